The van der Waals surface area contributed by atoms with Gasteiger partial charge >= 0.3 is 11.7 Å². The largest absolute Gasteiger partial charge is 0.508 e. The number of aromatic amines is 1. The Morgan fingerprint density at radius 3 is 2.40 bits per heavy atom. The number of aromatic nitrogens is 5. The summed E-state index contributed by atoms with van der Waals surface area (Å²) in [5.74, 6) is 0.333. The topological polar surface area (TPSA) is 136 Å². The molecule has 1 unspecified atom stereocenters. The van der Waals surface area contributed by atoms with E-state index in [2.05, 4.69) is 36.5 Å². The molecule has 4 saturated heterocycles. The molecule has 2 N–H and O–H groups in total. The van der Waals surface area contributed by atoms with Crippen molar-refractivity contribution in [3.63, 3.8) is 0 Å². The molecule has 0 bridgehead atoms. The van der Waals surface area contributed by atoms with Crippen LogP contribution in [0.2, 0.25) is 0 Å². The molecule has 4 aliphatic rings. The number of nitrogens with zero attached hydrogens (tertiary/aromatic N) is 8. The normalized spacial score (nSPS) is 20.4. The number of H-pyrrole nitrogens is 1. The Labute approximate surface area is 387 Å². The Morgan fingerprint density at radius 2 is 1.64 bits per heavy atom. The maximum absolute atomic E-state index is 17.0. The van der Waals surface area contributed by atoms with Crippen molar-refractivity contribution in [1.82, 2.24) is 34.3 Å². The summed E-state index contributed by atoms with van der Waals surface area (Å²) in [7, 11) is 0. The predicted octanol–water partition coefficient (Wildman–Crippen LogP) is 7.69. The molecule has 0 amide bonds. The summed E-state index contributed by atoms with van der Waals surface area (Å²) in [5.41, 5.74) is 0.605. The van der Waals surface area contributed by atoms with Crippen LogP contribution in [0.25, 0.3) is 38.6 Å². The molecule has 0 spiro atoms. The second-order valence-corrected chi connectivity index (χ2v) is 19.2. The van der Waals surface area contributed by atoms with Gasteiger partial charge in [0, 0.05) is 81.3 Å². The van der Waals surface area contributed by atoms with E-state index in [0.717, 1.165) is 104 Å². The third kappa shape index (κ3) is 9.21. The first-order chi connectivity index (χ1) is 32.5. The molecule has 0 aliphatic carbocycles. The summed E-state index contributed by atoms with van der Waals surface area (Å²) in [5, 5.41) is 12.3. The zero-order valence-electron chi connectivity index (χ0n) is 38.2. The smallest absolute Gasteiger partial charge is 0.332 e. The lowest BCUT2D eigenvalue weighted by Crippen LogP contribution is -2.46. The number of ether oxygens (including phenoxy) is 1. The van der Waals surface area contributed by atoms with Crippen molar-refractivity contribution in [2.75, 3.05) is 75.3 Å². The molecule has 13 nitrogen and oxygen atoms in total. The lowest BCUT2D eigenvalue weighted by atomic mass is 9.94. The van der Waals surface area contributed by atoms with Crippen molar-refractivity contribution in [2.24, 2.45) is 17.8 Å². The number of fused-ring (bicyclic) bond motifs is 2. The summed E-state index contributed by atoms with van der Waals surface area (Å²) < 4.78 is 55.1. The van der Waals surface area contributed by atoms with E-state index in [1.54, 1.807) is 30.5 Å². The third-order valence-electron chi connectivity index (χ3n) is 14.7. The minimum atomic E-state index is -0.666. The lowest BCUT2D eigenvalue weighted by Gasteiger charge is -2.40. The zero-order chi connectivity index (χ0) is 46.3. The number of likely N-dealkylation sites (tertiary alicyclic amines) is 2. The number of phenols is 1. The van der Waals surface area contributed by atoms with Gasteiger partial charge in [-0.3, -0.25) is 24.2 Å². The summed E-state index contributed by atoms with van der Waals surface area (Å²) in [4.78, 5) is 49.6. The number of pyridine rings is 1. The standard InChI is InChI=1S/C51H58F3N9O4/c1-3-38-41(52)8-6-34-23-37(64)25-39(45(34)38)47-46(54)48-40(26-55-47)49(62-16-4-5-31(2)27-62)58-50(57-48)67-30-33-12-21-61(29-33)35-13-17-59(18-14-35)28-32-10-19-60(20-11-32)43-9-7-36(24-42(43)53)63-22-15-44(65)56-51(63)66/h6-9,15,22-26,31-33,35,64H,3-5,10-14,16-21,27-30H2,1-2H3,(H,56,65,66)/t31-,33?/m0/s1. The number of hydrogen-bond donors (Lipinski definition) is 2. The molecular weight excluding hydrogens is 860 g/mol. The quantitative estimate of drug-likeness (QED) is 0.133. The molecule has 2 atom stereocenters. The van der Waals surface area contributed by atoms with Gasteiger partial charge in [-0.1, -0.05) is 19.9 Å². The van der Waals surface area contributed by atoms with Crippen LogP contribution < -0.4 is 25.8 Å². The van der Waals surface area contributed by atoms with E-state index in [-0.39, 0.29) is 34.7 Å². The molecule has 352 valence electrons. The van der Waals surface area contributed by atoms with Gasteiger partial charge in [-0.2, -0.15) is 9.97 Å². The van der Waals surface area contributed by atoms with Crippen molar-refractivity contribution >= 4 is 33.2 Å². The molecule has 7 heterocycles. The minimum absolute atomic E-state index is 0.0133. The first-order valence-electron chi connectivity index (χ1n) is 24.0. The van der Waals surface area contributed by atoms with E-state index in [9.17, 15) is 14.7 Å². The molecule has 67 heavy (non-hydrogen) atoms. The number of aryl methyl sites for hydroxylation is 1. The Bertz CT molecular complexity index is 2910. The number of phenolic OH excluding ortho intramolecular Hbond substituents is 1. The van der Waals surface area contributed by atoms with Crippen LogP contribution in [0.15, 0.2) is 70.5 Å². The van der Waals surface area contributed by atoms with Gasteiger partial charge in [-0.25, -0.2) is 18.0 Å². The van der Waals surface area contributed by atoms with Crippen molar-refractivity contribution in [3.05, 3.63) is 105 Å². The number of anilines is 2. The predicted molar refractivity (Wildman–Crippen MR) is 254 cm³/mol. The van der Waals surface area contributed by atoms with E-state index in [1.807, 2.05) is 6.92 Å². The van der Waals surface area contributed by atoms with Gasteiger partial charge in [-0.15, -0.1) is 0 Å². The summed E-state index contributed by atoms with van der Waals surface area (Å²) in [6, 6.07) is 12.6. The van der Waals surface area contributed by atoms with Gasteiger partial charge in [0.15, 0.2) is 5.82 Å². The van der Waals surface area contributed by atoms with Crippen LogP contribution in [0.3, 0.4) is 0 Å². The first kappa shape index (κ1) is 44.8. The first-order valence-corrected chi connectivity index (χ1v) is 24.0. The highest BCUT2D eigenvalue weighted by Gasteiger charge is 2.33. The molecule has 3 aromatic carbocycles. The summed E-state index contributed by atoms with van der Waals surface area (Å²) >= 11 is 0. The van der Waals surface area contributed by atoms with E-state index in [0.29, 0.717) is 75.4 Å². The van der Waals surface area contributed by atoms with Gasteiger partial charge in [-0.05, 0) is 130 Å². The molecule has 10 rings (SSSR count). The molecule has 3 aromatic heterocycles. The monoisotopic (exact) mass is 917 g/mol. The van der Waals surface area contributed by atoms with E-state index in [1.165, 1.54) is 35.0 Å². The second-order valence-electron chi connectivity index (χ2n) is 19.2. The fraction of sp³-hybridized carbons (Fsp3) is 0.471. The molecule has 16 heteroatoms. The fourth-order valence-corrected chi connectivity index (χ4v) is 11.2. The maximum atomic E-state index is 17.0. The Hall–Kier alpha value is -6.00. The maximum Gasteiger partial charge on any atom is 0.332 e. The van der Waals surface area contributed by atoms with Gasteiger partial charge in [0.25, 0.3) is 5.56 Å². The SMILES string of the molecule is CCc1c(F)ccc2cc(O)cc(-c3ncc4c(N5CCC[C@H](C)C5)nc(OCC5CCN(C6CCN(CC7CCN(c8ccc(-n9ccc(=O)[nH]c9=O)cc8F)CC7)CC6)C5)nc4c3F)c12. The number of benzene rings is 3. The summed E-state index contributed by atoms with van der Waals surface area (Å²) in [6.07, 6.45) is 10.6. The number of piperidine rings is 3. The van der Waals surface area contributed by atoms with Crippen molar-refractivity contribution in [3.8, 4) is 28.7 Å². The van der Waals surface area contributed by atoms with Crippen LogP contribution in [0, 0.1) is 35.2 Å². The number of aromatic hydroxyl groups is 1. The second kappa shape index (κ2) is 18.9. The highest BCUT2D eigenvalue weighted by atomic mass is 19.1. The Balaban J connectivity index is 0.764. The van der Waals surface area contributed by atoms with Crippen LogP contribution in [0.1, 0.15) is 64.4 Å². The number of rotatable bonds is 11. The average Bonchev–Trinajstić information content (AvgIpc) is 3.80. The van der Waals surface area contributed by atoms with Crippen LogP contribution in [0.4, 0.5) is 24.7 Å². The molecular formula is C51H58F3N9O4. The molecule has 4 fully saturated rings. The Morgan fingerprint density at radius 1 is 0.836 bits per heavy atom. The van der Waals surface area contributed by atoms with Crippen molar-refractivity contribution in [1.29, 1.82) is 0 Å². The molecule has 6 aromatic rings. The highest BCUT2D eigenvalue weighted by Crippen LogP contribution is 2.40. The van der Waals surface area contributed by atoms with Crippen molar-refractivity contribution < 1.29 is 23.0 Å². The fourth-order valence-electron chi connectivity index (χ4n) is 11.2. The van der Waals surface area contributed by atoms with Crippen LogP contribution >= 0.6 is 0 Å². The van der Waals surface area contributed by atoms with Gasteiger partial charge < -0.3 is 24.5 Å². The Kier molecular flexibility index (Phi) is 12.7. The number of halogens is 3. The summed E-state index contributed by atoms with van der Waals surface area (Å²) in [6.45, 7) is 12.6. The number of hydrogen-bond acceptors (Lipinski definition) is 11. The van der Waals surface area contributed by atoms with Gasteiger partial charge in [0.05, 0.1) is 23.4 Å². The van der Waals surface area contributed by atoms with E-state index < -0.39 is 22.9 Å². The van der Waals surface area contributed by atoms with Gasteiger partial charge in [0.2, 0.25) is 0 Å². The molecule has 0 radical (unpaired) electrons. The van der Waals surface area contributed by atoms with Crippen LogP contribution in [0.5, 0.6) is 11.8 Å². The minimum Gasteiger partial charge on any atom is -0.508 e. The van der Waals surface area contributed by atoms with Gasteiger partial charge in [0.1, 0.15) is 34.4 Å². The molecule has 0 saturated carbocycles. The highest BCUT2D eigenvalue weighted by molar-refractivity contribution is 6.01. The third-order valence-corrected chi connectivity index (χ3v) is 14.7. The van der Waals surface area contributed by atoms with Crippen LogP contribution in [-0.4, -0.2) is 111 Å². The lowest BCUT2D eigenvalue weighted by molar-refractivity contribution is 0.106. The van der Waals surface area contributed by atoms with E-state index in [4.69, 9.17) is 14.7 Å². The zero-order valence-corrected chi connectivity index (χ0v) is 38.2. The average molecular weight is 918 g/mol. The van der Waals surface area contributed by atoms with Crippen LogP contribution in [-0.2, 0) is 6.42 Å². The van der Waals surface area contributed by atoms with E-state index >= 15 is 13.2 Å². The number of nitrogens with one attached hydrogen (secondary N) is 1. The van der Waals surface area contributed by atoms with Crippen molar-refractivity contribution in [2.45, 2.75) is 71.3 Å². The molecule has 4 aliphatic heterocycles.